The van der Waals surface area contributed by atoms with E-state index in [2.05, 4.69) is 33.3 Å². The maximum absolute atomic E-state index is 11.8. The fourth-order valence-electron chi connectivity index (χ4n) is 1.34. The fraction of sp³-hybridized carbons (Fsp3) is 0.929. The lowest BCUT2D eigenvalue weighted by Gasteiger charge is -2.44. The van der Waals surface area contributed by atoms with Gasteiger partial charge in [-0.25, -0.2) is 0 Å². The zero-order valence-corrected chi connectivity index (χ0v) is 14.1. The molecular formula is C14H29NO4S. The van der Waals surface area contributed by atoms with Gasteiger partial charge in [-0.3, -0.25) is 4.79 Å². The third kappa shape index (κ3) is 4.62. The van der Waals surface area contributed by atoms with E-state index >= 15 is 0 Å². The van der Waals surface area contributed by atoms with Crippen LogP contribution < -0.4 is 5.73 Å². The van der Waals surface area contributed by atoms with Crippen LogP contribution in [-0.2, 0) is 13.7 Å². The van der Waals surface area contributed by atoms with Crippen molar-refractivity contribution in [3.63, 3.8) is 0 Å². The van der Waals surface area contributed by atoms with Gasteiger partial charge >= 0.3 is 5.97 Å². The van der Waals surface area contributed by atoms with E-state index in [1.54, 1.807) is 0 Å². The molecule has 1 saturated carbocycles. The minimum absolute atomic E-state index is 0.0333. The van der Waals surface area contributed by atoms with Crippen LogP contribution in [0.1, 0.15) is 33.6 Å². The summed E-state index contributed by atoms with van der Waals surface area (Å²) >= 11 is 0. The second-order valence-electron chi connectivity index (χ2n) is 7.00. The number of esters is 1. The average Bonchev–Trinajstić information content (AvgIpc) is 3.12. The molecule has 0 spiro atoms. The average molecular weight is 307 g/mol. The maximum atomic E-state index is 11.8. The Hall–Kier alpha value is -0.300. The highest BCUT2D eigenvalue weighted by atomic mass is 32.3. The van der Waals surface area contributed by atoms with Gasteiger partial charge in [-0.2, -0.15) is 0 Å². The molecule has 0 aromatic carbocycles. The van der Waals surface area contributed by atoms with Crippen molar-refractivity contribution in [3.8, 4) is 0 Å². The molecule has 0 aromatic rings. The first-order valence-corrected chi connectivity index (χ1v) is 9.31. The molecule has 20 heavy (non-hydrogen) atoms. The number of nitrogens with two attached hydrogens (primary N) is 1. The lowest BCUT2D eigenvalue weighted by molar-refractivity contribution is -0.148. The molecule has 1 aliphatic carbocycles. The summed E-state index contributed by atoms with van der Waals surface area (Å²) in [5.41, 5.74) is 5.61. The Labute approximate surface area is 123 Å². The number of aliphatic hydroxyl groups excluding tert-OH is 1. The highest BCUT2D eigenvalue weighted by Gasteiger charge is 2.43. The van der Waals surface area contributed by atoms with E-state index in [0.717, 1.165) is 12.8 Å². The standard InChI is InChI=1S/C14H29NO4S/c1-13(2,3)20(4,5)19-8-11(15)12(17)18-10-14(9-16)6-7-14/h11,16H,6-10,15H2,1-5H3. The van der Waals surface area contributed by atoms with Crippen molar-refractivity contribution in [2.45, 2.75) is 44.4 Å². The van der Waals surface area contributed by atoms with E-state index in [1.807, 2.05) is 0 Å². The van der Waals surface area contributed by atoms with Crippen molar-refractivity contribution < 1.29 is 18.8 Å². The van der Waals surface area contributed by atoms with Gasteiger partial charge in [0.2, 0.25) is 0 Å². The third-order valence-electron chi connectivity index (χ3n) is 4.13. The highest BCUT2D eigenvalue weighted by Crippen LogP contribution is 2.53. The fourth-order valence-corrected chi connectivity index (χ4v) is 2.18. The van der Waals surface area contributed by atoms with E-state index in [9.17, 15) is 4.79 Å². The molecule has 0 heterocycles. The molecule has 0 radical (unpaired) electrons. The number of rotatable bonds is 7. The minimum Gasteiger partial charge on any atom is -0.464 e. The molecule has 1 aliphatic rings. The van der Waals surface area contributed by atoms with Gasteiger partial charge in [-0.15, -0.1) is 10.3 Å². The molecule has 120 valence electrons. The van der Waals surface area contributed by atoms with Gasteiger partial charge in [0.15, 0.2) is 0 Å². The Morgan fingerprint density at radius 2 is 1.95 bits per heavy atom. The van der Waals surface area contributed by atoms with E-state index in [4.69, 9.17) is 19.8 Å². The van der Waals surface area contributed by atoms with Crippen LogP contribution in [0.5, 0.6) is 0 Å². The van der Waals surface area contributed by atoms with Crippen molar-refractivity contribution in [1.29, 1.82) is 0 Å². The second-order valence-corrected chi connectivity index (χ2v) is 10.9. The van der Waals surface area contributed by atoms with Crippen molar-refractivity contribution in [3.05, 3.63) is 0 Å². The molecule has 1 rings (SSSR count). The van der Waals surface area contributed by atoms with Crippen LogP contribution in [0.15, 0.2) is 0 Å². The Bertz CT molecular complexity index is 348. The van der Waals surface area contributed by atoms with Gasteiger partial charge < -0.3 is 19.8 Å². The molecule has 0 aliphatic heterocycles. The van der Waals surface area contributed by atoms with Gasteiger partial charge in [0.1, 0.15) is 6.04 Å². The summed E-state index contributed by atoms with van der Waals surface area (Å²) in [5, 5.41) is 9.16. The number of hydrogen-bond acceptors (Lipinski definition) is 5. The van der Waals surface area contributed by atoms with Crippen LogP contribution in [0.25, 0.3) is 0 Å². The molecule has 0 aromatic heterocycles. The van der Waals surface area contributed by atoms with Crippen LogP contribution in [0.3, 0.4) is 0 Å². The Balaban J connectivity index is 2.35. The van der Waals surface area contributed by atoms with Gasteiger partial charge in [0, 0.05) is 10.2 Å². The van der Waals surface area contributed by atoms with Crippen LogP contribution >= 0.6 is 10.3 Å². The molecule has 6 heteroatoms. The molecule has 1 fully saturated rings. The normalized spacial score (nSPS) is 20.4. The van der Waals surface area contributed by atoms with Gasteiger partial charge in [-0.1, -0.05) is 20.8 Å². The molecule has 3 N–H and O–H groups in total. The predicted octanol–water partition coefficient (Wildman–Crippen LogP) is 1.42. The lowest BCUT2D eigenvalue weighted by atomic mass is 10.1. The number of aliphatic hydroxyl groups is 1. The summed E-state index contributed by atoms with van der Waals surface area (Å²) in [4.78, 5) is 11.8. The van der Waals surface area contributed by atoms with Crippen LogP contribution in [-0.4, -0.2) is 54.2 Å². The highest BCUT2D eigenvalue weighted by molar-refractivity contribution is 8.29. The first-order chi connectivity index (χ1) is 9.03. The zero-order chi connectivity index (χ0) is 15.6. The summed E-state index contributed by atoms with van der Waals surface area (Å²) in [7, 11) is -1.29. The van der Waals surface area contributed by atoms with Gasteiger partial charge in [-0.05, 0) is 25.4 Å². The largest absolute Gasteiger partial charge is 0.464 e. The summed E-state index contributed by atoms with van der Waals surface area (Å²) < 4.78 is 11.1. The molecule has 0 saturated heterocycles. The quantitative estimate of drug-likeness (QED) is 0.695. The van der Waals surface area contributed by atoms with Crippen molar-refractivity contribution in [2.75, 3.05) is 32.3 Å². The van der Waals surface area contributed by atoms with E-state index in [-0.39, 0.29) is 30.0 Å². The second kappa shape index (κ2) is 6.22. The predicted molar refractivity (Wildman–Crippen MR) is 82.8 cm³/mol. The molecule has 1 unspecified atom stereocenters. The summed E-state index contributed by atoms with van der Waals surface area (Å²) in [6.45, 7) is 6.84. The van der Waals surface area contributed by atoms with Crippen molar-refractivity contribution in [2.24, 2.45) is 11.1 Å². The first-order valence-electron chi connectivity index (χ1n) is 6.93. The number of hydrogen-bond donors (Lipinski definition) is 2. The molecular weight excluding hydrogens is 278 g/mol. The van der Waals surface area contributed by atoms with Crippen LogP contribution in [0, 0.1) is 5.41 Å². The summed E-state index contributed by atoms with van der Waals surface area (Å²) in [6.07, 6.45) is 5.94. The molecule has 0 amide bonds. The van der Waals surface area contributed by atoms with Crippen molar-refractivity contribution >= 4 is 16.3 Å². The first kappa shape index (κ1) is 17.8. The smallest absolute Gasteiger partial charge is 0.325 e. The van der Waals surface area contributed by atoms with Gasteiger partial charge in [0.25, 0.3) is 0 Å². The number of carbonyl (C=O) groups is 1. The maximum Gasteiger partial charge on any atom is 0.325 e. The summed E-state index contributed by atoms with van der Waals surface area (Å²) in [6, 6.07) is -0.765. The summed E-state index contributed by atoms with van der Waals surface area (Å²) in [5.74, 6) is -0.450. The SMILES string of the molecule is CC(C)(C)S(C)(C)OCC(N)C(=O)OCC1(CO)CC1. The molecule has 0 bridgehead atoms. The van der Waals surface area contributed by atoms with Crippen LogP contribution in [0.2, 0.25) is 0 Å². The number of ether oxygens (including phenoxy) is 1. The molecule has 1 atom stereocenters. The molecule has 5 nitrogen and oxygen atoms in total. The van der Waals surface area contributed by atoms with Gasteiger partial charge in [0.05, 0.1) is 19.8 Å². The van der Waals surface area contributed by atoms with Crippen molar-refractivity contribution in [1.82, 2.24) is 0 Å². The minimum atomic E-state index is -1.29. The lowest BCUT2D eigenvalue weighted by Crippen LogP contribution is -2.39. The van der Waals surface area contributed by atoms with E-state index < -0.39 is 22.3 Å². The van der Waals surface area contributed by atoms with E-state index in [1.165, 1.54) is 0 Å². The third-order valence-corrected chi connectivity index (χ3v) is 7.81. The van der Waals surface area contributed by atoms with Crippen LogP contribution in [0.4, 0.5) is 0 Å². The Kier molecular flexibility index (Phi) is 5.52. The Morgan fingerprint density at radius 1 is 1.40 bits per heavy atom. The monoisotopic (exact) mass is 307 g/mol. The van der Waals surface area contributed by atoms with E-state index in [0.29, 0.717) is 0 Å². The zero-order valence-electron chi connectivity index (χ0n) is 13.3. The topological polar surface area (TPSA) is 81.8 Å². The Morgan fingerprint density at radius 3 is 2.35 bits per heavy atom. The number of carbonyl (C=O) groups excluding carboxylic acids is 1.